The maximum atomic E-state index is 5.91. The van der Waals surface area contributed by atoms with Crippen molar-refractivity contribution < 1.29 is 4.74 Å². The lowest BCUT2D eigenvalue weighted by Crippen LogP contribution is -2.24. The second-order valence-corrected chi connectivity index (χ2v) is 4.93. The van der Waals surface area contributed by atoms with Gasteiger partial charge in [0.05, 0.1) is 6.61 Å². The summed E-state index contributed by atoms with van der Waals surface area (Å²) >= 11 is 5.91. The van der Waals surface area contributed by atoms with Crippen molar-refractivity contribution in [3.8, 4) is 5.75 Å². The van der Waals surface area contributed by atoms with Crippen molar-refractivity contribution >= 4 is 11.6 Å². The molecule has 0 saturated heterocycles. The first-order valence-electron chi connectivity index (χ1n) is 6.78. The van der Waals surface area contributed by atoms with E-state index in [0.29, 0.717) is 0 Å². The van der Waals surface area contributed by atoms with Gasteiger partial charge in [0.25, 0.3) is 0 Å². The Morgan fingerprint density at radius 3 is 2.50 bits per heavy atom. The molecular weight excluding hydrogens is 246 g/mol. The lowest BCUT2D eigenvalue weighted by molar-refractivity contribution is 0.265. The summed E-state index contributed by atoms with van der Waals surface area (Å²) in [4.78, 5) is 2.44. The Kier molecular flexibility index (Phi) is 7.14. The van der Waals surface area contributed by atoms with Crippen molar-refractivity contribution in [3.05, 3.63) is 28.8 Å². The van der Waals surface area contributed by atoms with E-state index < -0.39 is 0 Å². The predicted molar refractivity (Wildman–Crippen MR) is 78.7 cm³/mol. The number of unbranched alkanes of at least 4 members (excludes halogenated alkanes) is 1. The molecule has 18 heavy (non-hydrogen) atoms. The van der Waals surface area contributed by atoms with Crippen LogP contribution in [0.5, 0.6) is 5.75 Å². The number of rotatable bonds is 8. The van der Waals surface area contributed by atoms with E-state index in [0.717, 1.165) is 49.0 Å². The molecule has 0 amide bonds. The van der Waals surface area contributed by atoms with Crippen molar-refractivity contribution in [1.29, 1.82) is 0 Å². The van der Waals surface area contributed by atoms with Crippen LogP contribution in [0.1, 0.15) is 32.3 Å². The quantitative estimate of drug-likeness (QED) is 0.658. The third-order valence-electron chi connectivity index (χ3n) is 3.16. The topological polar surface area (TPSA) is 12.5 Å². The van der Waals surface area contributed by atoms with Crippen LogP contribution in [-0.4, -0.2) is 31.1 Å². The van der Waals surface area contributed by atoms with Gasteiger partial charge in [-0.1, -0.05) is 25.4 Å². The summed E-state index contributed by atoms with van der Waals surface area (Å²) in [6.45, 7) is 10.6. The largest absolute Gasteiger partial charge is 0.493 e. The highest BCUT2D eigenvalue weighted by atomic mass is 35.5. The zero-order valence-corrected chi connectivity index (χ0v) is 12.5. The van der Waals surface area contributed by atoms with Crippen LogP contribution in [0.2, 0.25) is 5.02 Å². The van der Waals surface area contributed by atoms with E-state index in [2.05, 4.69) is 18.7 Å². The Hall–Kier alpha value is -0.730. The van der Waals surface area contributed by atoms with E-state index >= 15 is 0 Å². The van der Waals surface area contributed by atoms with E-state index in [9.17, 15) is 0 Å². The molecule has 3 heteroatoms. The monoisotopic (exact) mass is 269 g/mol. The molecule has 1 rings (SSSR count). The molecule has 0 fully saturated rings. The third-order valence-corrected chi connectivity index (χ3v) is 3.39. The van der Waals surface area contributed by atoms with Gasteiger partial charge in [-0.2, -0.15) is 0 Å². The maximum absolute atomic E-state index is 5.91. The minimum atomic E-state index is 0.765. The summed E-state index contributed by atoms with van der Waals surface area (Å²) in [5.74, 6) is 0.947. The van der Waals surface area contributed by atoms with Gasteiger partial charge in [0.1, 0.15) is 5.75 Å². The summed E-state index contributed by atoms with van der Waals surface area (Å²) in [5, 5.41) is 0.765. The zero-order valence-electron chi connectivity index (χ0n) is 11.7. The van der Waals surface area contributed by atoms with Crippen LogP contribution in [0.4, 0.5) is 0 Å². The second-order valence-electron chi connectivity index (χ2n) is 4.49. The first-order chi connectivity index (χ1) is 8.67. The highest BCUT2D eigenvalue weighted by Crippen LogP contribution is 2.21. The molecule has 0 aromatic heterocycles. The molecule has 0 N–H and O–H groups in total. The van der Waals surface area contributed by atoms with Crippen LogP contribution in [-0.2, 0) is 0 Å². The summed E-state index contributed by atoms with van der Waals surface area (Å²) in [7, 11) is 0. The average molecular weight is 270 g/mol. The molecule has 0 spiro atoms. The lowest BCUT2D eigenvalue weighted by Gasteiger charge is -2.17. The first kappa shape index (κ1) is 15.3. The molecule has 0 bridgehead atoms. The van der Waals surface area contributed by atoms with E-state index in [4.69, 9.17) is 16.3 Å². The molecule has 0 unspecified atom stereocenters. The summed E-state index contributed by atoms with van der Waals surface area (Å²) in [5.41, 5.74) is 1.10. The summed E-state index contributed by atoms with van der Waals surface area (Å²) in [6, 6.07) is 5.76. The van der Waals surface area contributed by atoms with Gasteiger partial charge in [0.15, 0.2) is 0 Å². The predicted octanol–water partition coefficient (Wildman–Crippen LogP) is 4.15. The van der Waals surface area contributed by atoms with Gasteiger partial charge in [-0.25, -0.2) is 0 Å². The van der Waals surface area contributed by atoms with E-state index in [-0.39, 0.29) is 0 Å². The Bertz CT molecular complexity index is 350. The highest BCUT2D eigenvalue weighted by molar-refractivity contribution is 6.30. The van der Waals surface area contributed by atoms with Gasteiger partial charge < -0.3 is 9.64 Å². The van der Waals surface area contributed by atoms with Crippen LogP contribution >= 0.6 is 11.6 Å². The SMILES string of the molecule is CCN(CC)CCCCOc1ccc(Cl)cc1C. The number of nitrogens with zero attached hydrogens (tertiary/aromatic N) is 1. The normalized spacial score (nSPS) is 10.9. The Labute approximate surface area is 116 Å². The van der Waals surface area contributed by atoms with Gasteiger partial charge >= 0.3 is 0 Å². The fourth-order valence-corrected chi connectivity index (χ4v) is 2.16. The highest BCUT2D eigenvalue weighted by Gasteiger charge is 2.01. The number of benzene rings is 1. The Balaban J connectivity index is 2.21. The van der Waals surface area contributed by atoms with Gasteiger partial charge in [-0.15, -0.1) is 0 Å². The van der Waals surface area contributed by atoms with E-state index in [1.165, 1.54) is 6.42 Å². The molecular formula is C15H24ClNO. The molecule has 0 aliphatic heterocycles. The number of halogens is 1. The van der Waals surface area contributed by atoms with Crippen LogP contribution in [0.15, 0.2) is 18.2 Å². The fourth-order valence-electron chi connectivity index (χ4n) is 1.93. The third kappa shape index (κ3) is 5.28. The van der Waals surface area contributed by atoms with Crippen LogP contribution in [0.25, 0.3) is 0 Å². The van der Waals surface area contributed by atoms with E-state index in [1.54, 1.807) is 0 Å². The maximum Gasteiger partial charge on any atom is 0.122 e. The summed E-state index contributed by atoms with van der Waals surface area (Å²) < 4.78 is 5.76. The van der Waals surface area contributed by atoms with Crippen molar-refractivity contribution in [2.45, 2.75) is 33.6 Å². The number of aryl methyl sites for hydroxylation is 1. The molecule has 102 valence electrons. The van der Waals surface area contributed by atoms with Crippen LogP contribution in [0.3, 0.4) is 0 Å². The molecule has 0 saturated carbocycles. The van der Waals surface area contributed by atoms with Gasteiger partial charge in [-0.05, 0) is 63.2 Å². The second kappa shape index (κ2) is 8.39. The summed E-state index contributed by atoms with van der Waals surface area (Å²) in [6.07, 6.45) is 2.28. The smallest absolute Gasteiger partial charge is 0.122 e. The molecule has 2 nitrogen and oxygen atoms in total. The van der Waals surface area contributed by atoms with Crippen molar-refractivity contribution in [1.82, 2.24) is 4.90 Å². The van der Waals surface area contributed by atoms with Crippen molar-refractivity contribution in [3.63, 3.8) is 0 Å². The molecule has 0 atom stereocenters. The lowest BCUT2D eigenvalue weighted by atomic mass is 10.2. The number of ether oxygens (including phenoxy) is 1. The van der Waals surface area contributed by atoms with Crippen LogP contribution in [0, 0.1) is 6.92 Å². The average Bonchev–Trinajstić information content (AvgIpc) is 2.36. The Morgan fingerprint density at radius 2 is 1.89 bits per heavy atom. The minimum absolute atomic E-state index is 0.765. The molecule has 0 radical (unpaired) electrons. The number of hydrogen-bond acceptors (Lipinski definition) is 2. The minimum Gasteiger partial charge on any atom is -0.493 e. The number of hydrogen-bond donors (Lipinski definition) is 0. The van der Waals surface area contributed by atoms with Crippen molar-refractivity contribution in [2.75, 3.05) is 26.2 Å². The standard InChI is InChI=1S/C15H24ClNO/c1-4-17(5-2)10-6-7-11-18-15-9-8-14(16)12-13(15)3/h8-9,12H,4-7,10-11H2,1-3H3. The molecule has 1 aromatic rings. The fraction of sp³-hybridized carbons (Fsp3) is 0.600. The van der Waals surface area contributed by atoms with Crippen molar-refractivity contribution in [2.24, 2.45) is 0 Å². The van der Waals surface area contributed by atoms with E-state index in [1.807, 2.05) is 25.1 Å². The first-order valence-corrected chi connectivity index (χ1v) is 7.16. The zero-order chi connectivity index (χ0) is 13.4. The molecule has 0 aliphatic carbocycles. The molecule has 0 heterocycles. The molecule has 0 aliphatic rings. The molecule has 1 aromatic carbocycles. The van der Waals surface area contributed by atoms with Crippen LogP contribution < -0.4 is 4.74 Å². The van der Waals surface area contributed by atoms with Gasteiger partial charge in [0, 0.05) is 5.02 Å². The van der Waals surface area contributed by atoms with Gasteiger partial charge in [0.2, 0.25) is 0 Å². The van der Waals surface area contributed by atoms with Gasteiger partial charge in [-0.3, -0.25) is 0 Å². The Morgan fingerprint density at radius 1 is 1.17 bits per heavy atom.